The number of rotatable bonds is 6. The molecule has 0 spiro atoms. The van der Waals surface area contributed by atoms with E-state index in [1.807, 2.05) is 4.57 Å². The second kappa shape index (κ2) is 7.01. The maximum atomic E-state index is 11.4. The summed E-state index contributed by atoms with van der Waals surface area (Å²) >= 11 is 0. The van der Waals surface area contributed by atoms with Crippen LogP contribution in [0.25, 0.3) is 0 Å². The van der Waals surface area contributed by atoms with Gasteiger partial charge >= 0.3 is 5.97 Å². The molecule has 2 rings (SSSR count). The van der Waals surface area contributed by atoms with Gasteiger partial charge in [-0.15, -0.1) is 0 Å². The summed E-state index contributed by atoms with van der Waals surface area (Å²) in [5.41, 5.74) is 8.15. The number of aromatic nitrogens is 2. The molecule has 8 heteroatoms. The molecule has 0 aliphatic carbocycles. The first-order valence-electron chi connectivity index (χ1n) is 6.98. The van der Waals surface area contributed by atoms with E-state index in [9.17, 15) is 14.9 Å². The van der Waals surface area contributed by atoms with Gasteiger partial charge in [0, 0.05) is 36.5 Å². The number of carbonyl (C=O) groups excluding carboxylic acids is 1. The zero-order chi connectivity index (χ0) is 17.0. The molecule has 0 aliphatic rings. The van der Waals surface area contributed by atoms with Crippen molar-refractivity contribution < 1.29 is 14.5 Å². The van der Waals surface area contributed by atoms with E-state index in [0.29, 0.717) is 18.5 Å². The molecule has 0 saturated heterocycles. The van der Waals surface area contributed by atoms with Gasteiger partial charge in [0.15, 0.2) is 0 Å². The Kier molecular flexibility index (Phi) is 5.07. The van der Waals surface area contributed by atoms with Gasteiger partial charge in [0.1, 0.15) is 6.04 Å². The molecule has 2 aromatic rings. The van der Waals surface area contributed by atoms with Gasteiger partial charge in [-0.2, -0.15) is 0 Å². The van der Waals surface area contributed by atoms with Gasteiger partial charge < -0.3 is 15.0 Å². The van der Waals surface area contributed by atoms with Crippen molar-refractivity contribution in [1.82, 2.24) is 9.55 Å². The third kappa shape index (κ3) is 3.92. The Labute approximate surface area is 133 Å². The van der Waals surface area contributed by atoms with Gasteiger partial charge in [0.2, 0.25) is 0 Å². The van der Waals surface area contributed by atoms with Gasteiger partial charge in [0.25, 0.3) is 5.69 Å². The predicted molar refractivity (Wildman–Crippen MR) is 82.9 cm³/mol. The summed E-state index contributed by atoms with van der Waals surface area (Å²) in [4.78, 5) is 25.9. The maximum absolute atomic E-state index is 11.4. The third-order valence-corrected chi connectivity index (χ3v) is 3.54. The van der Waals surface area contributed by atoms with Crippen molar-refractivity contribution in [2.75, 3.05) is 7.11 Å². The highest BCUT2D eigenvalue weighted by Gasteiger charge is 2.17. The van der Waals surface area contributed by atoms with E-state index in [1.165, 1.54) is 13.2 Å². The lowest BCUT2D eigenvalue weighted by Gasteiger charge is -2.12. The largest absolute Gasteiger partial charge is 0.468 e. The maximum Gasteiger partial charge on any atom is 0.323 e. The molecule has 23 heavy (non-hydrogen) atoms. The molecule has 1 aromatic heterocycles. The Balaban J connectivity index is 2.16. The summed E-state index contributed by atoms with van der Waals surface area (Å²) in [6.07, 6.45) is 3.58. The first-order chi connectivity index (χ1) is 10.9. The molecule has 122 valence electrons. The zero-order valence-corrected chi connectivity index (χ0v) is 12.9. The van der Waals surface area contributed by atoms with Crippen LogP contribution in [0, 0.1) is 17.0 Å². The van der Waals surface area contributed by atoms with Crippen molar-refractivity contribution in [2.45, 2.75) is 25.9 Å². The second-order valence-corrected chi connectivity index (χ2v) is 5.22. The van der Waals surface area contributed by atoms with E-state index in [2.05, 4.69) is 9.72 Å². The molecule has 0 aliphatic heterocycles. The van der Waals surface area contributed by atoms with Crippen LogP contribution in [0.1, 0.15) is 16.8 Å². The number of nitro groups is 1. The zero-order valence-electron chi connectivity index (χ0n) is 12.9. The van der Waals surface area contributed by atoms with Crippen LogP contribution in [0.4, 0.5) is 5.69 Å². The molecule has 8 nitrogen and oxygen atoms in total. The summed E-state index contributed by atoms with van der Waals surface area (Å²) in [6.45, 7) is 2.19. The number of esters is 1. The Morgan fingerprint density at radius 1 is 1.52 bits per heavy atom. The molecular weight excluding hydrogens is 300 g/mol. The molecule has 0 bridgehead atoms. The molecule has 0 amide bonds. The molecule has 0 fully saturated rings. The number of aryl methyl sites for hydroxylation is 1. The van der Waals surface area contributed by atoms with Crippen molar-refractivity contribution in [3.8, 4) is 0 Å². The molecule has 1 aromatic carbocycles. The van der Waals surface area contributed by atoms with Crippen LogP contribution in [-0.4, -0.2) is 33.6 Å². The van der Waals surface area contributed by atoms with Crippen molar-refractivity contribution in [2.24, 2.45) is 5.73 Å². The first-order valence-corrected chi connectivity index (χ1v) is 6.98. The van der Waals surface area contributed by atoms with Gasteiger partial charge in [-0.05, 0) is 18.6 Å². The summed E-state index contributed by atoms with van der Waals surface area (Å²) < 4.78 is 6.46. The number of nitrogens with two attached hydrogens (primary N) is 1. The van der Waals surface area contributed by atoms with Crippen LogP contribution in [0.15, 0.2) is 30.7 Å². The quantitative estimate of drug-likeness (QED) is 0.486. The molecule has 0 unspecified atom stereocenters. The average molecular weight is 318 g/mol. The Morgan fingerprint density at radius 2 is 2.26 bits per heavy atom. The van der Waals surface area contributed by atoms with Crippen LogP contribution in [0.5, 0.6) is 0 Å². The van der Waals surface area contributed by atoms with Crippen LogP contribution in [0.2, 0.25) is 0 Å². The van der Waals surface area contributed by atoms with Gasteiger partial charge in [-0.25, -0.2) is 4.98 Å². The van der Waals surface area contributed by atoms with Crippen LogP contribution >= 0.6 is 0 Å². The van der Waals surface area contributed by atoms with Gasteiger partial charge in [-0.1, -0.05) is 6.07 Å². The Hall–Kier alpha value is -2.74. The molecule has 0 saturated carbocycles. The summed E-state index contributed by atoms with van der Waals surface area (Å²) in [5.74, 6) is -0.482. The Bertz CT molecular complexity index is 726. The van der Waals surface area contributed by atoms with E-state index in [1.54, 1.807) is 31.6 Å². The predicted octanol–water partition coefficient (Wildman–Crippen LogP) is 1.19. The van der Waals surface area contributed by atoms with Crippen LogP contribution < -0.4 is 5.73 Å². The SMILES string of the molecule is COC(=O)[C@@H](N)Cc1cncn1Cc1ccc([N+](=O)[O-])c(C)c1. The monoisotopic (exact) mass is 318 g/mol. The van der Waals surface area contributed by atoms with Crippen molar-refractivity contribution in [1.29, 1.82) is 0 Å². The minimum Gasteiger partial charge on any atom is -0.468 e. The van der Waals surface area contributed by atoms with E-state index < -0.39 is 16.9 Å². The highest BCUT2D eigenvalue weighted by molar-refractivity contribution is 5.75. The fraction of sp³-hybridized carbons (Fsp3) is 0.333. The molecule has 0 radical (unpaired) electrons. The number of imidazole rings is 1. The van der Waals surface area contributed by atoms with Gasteiger partial charge in [-0.3, -0.25) is 14.9 Å². The molecule has 2 N–H and O–H groups in total. The number of carbonyl (C=O) groups is 1. The molecule has 1 heterocycles. The van der Waals surface area contributed by atoms with Crippen molar-refractivity contribution in [3.05, 3.63) is 57.7 Å². The minimum absolute atomic E-state index is 0.0901. The Morgan fingerprint density at radius 3 is 2.87 bits per heavy atom. The summed E-state index contributed by atoms with van der Waals surface area (Å²) in [7, 11) is 1.29. The normalized spacial score (nSPS) is 12.0. The van der Waals surface area contributed by atoms with Crippen molar-refractivity contribution >= 4 is 11.7 Å². The first kappa shape index (κ1) is 16.6. The average Bonchev–Trinajstić information content (AvgIpc) is 2.93. The molecule has 1 atom stereocenters. The van der Waals surface area contributed by atoms with E-state index >= 15 is 0 Å². The molecular formula is C15H18N4O4. The lowest BCUT2D eigenvalue weighted by Crippen LogP contribution is -2.34. The fourth-order valence-corrected chi connectivity index (χ4v) is 2.34. The lowest BCUT2D eigenvalue weighted by atomic mass is 10.1. The van der Waals surface area contributed by atoms with Crippen LogP contribution in [0.3, 0.4) is 0 Å². The smallest absolute Gasteiger partial charge is 0.323 e. The number of nitrogens with zero attached hydrogens (tertiary/aromatic N) is 3. The summed E-state index contributed by atoms with van der Waals surface area (Å²) in [6, 6.07) is 4.20. The highest BCUT2D eigenvalue weighted by Crippen LogP contribution is 2.19. The fourth-order valence-electron chi connectivity index (χ4n) is 2.34. The number of ether oxygens (including phenoxy) is 1. The lowest BCUT2D eigenvalue weighted by molar-refractivity contribution is -0.385. The minimum atomic E-state index is -0.756. The number of methoxy groups -OCH3 is 1. The van der Waals surface area contributed by atoms with Gasteiger partial charge in [0.05, 0.1) is 18.4 Å². The van der Waals surface area contributed by atoms with Crippen molar-refractivity contribution in [3.63, 3.8) is 0 Å². The standard InChI is InChI=1S/C15H18N4O4/c1-10-5-11(3-4-14(10)19(21)22)8-18-9-17-7-12(18)6-13(16)15(20)23-2/h3-5,7,9,13H,6,8,16H2,1-2H3/t13-/m0/s1. The number of benzene rings is 1. The topological polar surface area (TPSA) is 113 Å². The third-order valence-electron chi connectivity index (χ3n) is 3.54. The number of nitro benzene ring substituents is 1. The van der Waals surface area contributed by atoms with E-state index in [-0.39, 0.29) is 5.69 Å². The van der Waals surface area contributed by atoms with E-state index in [0.717, 1.165) is 11.3 Å². The highest BCUT2D eigenvalue weighted by atomic mass is 16.6. The van der Waals surface area contributed by atoms with E-state index in [4.69, 9.17) is 5.73 Å². The van der Waals surface area contributed by atoms with Crippen LogP contribution in [-0.2, 0) is 22.5 Å². The second-order valence-electron chi connectivity index (χ2n) is 5.22. The number of hydrogen-bond donors (Lipinski definition) is 1. The number of hydrogen-bond acceptors (Lipinski definition) is 6. The summed E-state index contributed by atoms with van der Waals surface area (Å²) in [5, 5.41) is 10.9.